The Balaban J connectivity index is 2.64. The minimum Gasteiger partial charge on any atom is -0.504 e. The maximum absolute atomic E-state index is 11.0. The Kier molecular flexibility index (Phi) is 1.42. The van der Waals surface area contributed by atoms with Gasteiger partial charge in [-0.05, 0) is 17.5 Å². The molecule has 3 rings (SSSR count). The number of hydrogen-bond acceptors (Lipinski definition) is 4. The van der Waals surface area contributed by atoms with E-state index in [1.165, 1.54) is 18.6 Å². The predicted molar refractivity (Wildman–Crippen MR) is 53.9 cm³/mol. The van der Waals surface area contributed by atoms with Gasteiger partial charge in [-0.25, -0.2) is 4.79 Å². The van der Waals surface area contributed by atoms with Crippen molar-refractivity contribution >= 4 is 21.7 Å². The molecule has 0 spiro atoms. The van der Waals surface area contributed by atoms with E-state index >= 15 is 0 Å². The van der Waals surface area contributed by atoms with Crippen LogP contribution in [0, 0.1) is 0 Å². The quantitative estimate of drug-likeness (QED) is 0.607. The van der Waals surface area contributed by atoms with Gasteiger partial charge in [0.25, 0.3) is 0 Å². The smallest absolute Gasteiger partial charge is 0.337 e. The van der Waals surface area contributed by atoms with Crippen molar-refractivity contribution in [2.45, 2.75) is 0 Å². The Hall–Kier alpha value is -2.23. The molecule has 2 aromatic heterocycles. The van der Waals surface area contributed by atoms with Crippen LogP contribution in [0.3, 0.4) is 0 Å². The summed E-state index contributed by atoms with van der Waals surface area (Å²) in [4.78, 5) is 11.0. The van der Waals surface area contributed by atoms with E-state index in [1.54, 1.807) is 12.1 Å². The molecular weight excluding hydrogens is 196 g/mol. The van der Waals surface area contributed by atoms with Crippen LogP contribution in [0.2, 0.25) is 0 Å². The highest BCUT2D eigenvalue weighted by Gasteiger charge is 2.10. The van der Waals surface area contributed by atoms with Crippen LogP contribution in [-0.2, 0) is 0 Å². The summed E-state index contributed by atoms with van der Waals surface area (Å²) in [5, 5.41) is 11.7. The molecule has 3 aromatic rings. The van der Waals surface area contributed by atoms with E-state index in [0.717, 1.165) is 5.39 Å². The molecular formula is C11H6O4. The molecule has 0 fully saturated rings. The zero-order chi connectivity index (χ0) is 10.4. The first-order chi connectivity index (χ1) is 7.25. The first-order valence-corrected chi connectivity index (χ1v) is 4.37. The molecule has 15 heavy (non-hydrogen) atoms. The van der Waals surface area contributed by atoms with Gasteiger partial charge in [-0.1, -0.05) is 0 Å². The summed E-state index contributed by atoms with van der Waals surface area (Å²) in [6.07, 6.45) is 2.92. The summed E-state index contributed by atoms with van der Waals surface area (Å²) in [6, 6.07) is 4.83. The van der Waals surface area contributed by atoms with Gasteiger partial charge in [-0.3, -0.25) is 0 Å². The third-order valence-electron chi connectivity index (χ3n) is 2.34. The summed E-state index contributed by atoms with van der Waals surface area (Å²) < 4.78 is 9.81. The number of phenolic OH excluding ortho intramolecular Hbond substituents is 1. The Morgan fingerprint density at radius 1 is 1.20 bits per heavy atom. The standard InChI is InChI=1S/C11H6O4/c12-9-4-7-3-6-1-2-14-5-8(6)10(13)11(7)15-9/h1-5,13H. The highest BCUT2D eigenvalue weighted by molar-refractivity contribution is 6.01. The topological polar surface area (TPSA) is 63.6 Å². The normalized spacial score (nSPS) is 11.2. The van der Waals surface area contributed by atoms with Gasteiger partial charge in [0, 0.05) is 11.5 Å². The molecule has 0 saturated carbocycles. The van der Waals surface area contributed by atoms with Crippen molar-refractivity contribution in [2.24, 2.45) is 0 Å². The van der Waals surface area contributed by atoms with E-state index in [4.69, 9.17) is 8.83 Å². The monoisotopic (exact) mass is 202 g/mol. The van der Waals surface area contributed by atoms with Crippen molar-refractivity contribution in [3.05, 3.63) is 41.1 Å². The van der Waals surface area contributed by atoms with Crippen LogP contribution < -0.4 is 5.63 Å². The molecule has 1 N–H and O–H groups in total. The summed E-state index contributed by atoms with van der Waals surface area (Å²) >= 11 is 0. The fraction of sp³-hybridized carbons (Fsp3) is 0. The van der Waals surface area contributed by atoms with Gasteiger partial charge >= 0.3 is 5.63 Å². The minimum atomic E-state index is -0.465. The predicted octanol–water partition coefficient (Wildman–Crippen LogP) is 2.24. The first-order valence-electron chi connectivity index (χ1n) is 4.37. The maximum atomic E-state index is 11.0. The first kappa shape index (κ1) is 8.11. The fourth-order valence-electron chi connectivity index (χ4n) is 1.66. The zero-order valence-corrected chi connectivity index (χ0v) is 7.56. The van der Waals surface area contributed by atoms with Crippen molar-refractivity contribution < 1.29 is 13.9 Å². The number of benzene rings is 1. The number of aromatic hydroxyl groups is 1. The molecule has 4 heteroatoms. The lowest BCUT2D eigenvalue weighted by molar-refractivity contribution is 0.463. The lowest BCUT2D eigenvalue weighted by atomic mass is 10.1. The van der Waals surface area contributed by atoms with Crippen molar-refractivity contribution in [2.75, 3.05) is 0 Å². The van der Waals surface area contributed by atoms with Crippen molar-refractivity contribution in [1.29, 1.82) is 0 Å². The lowest BCUT2D eigenvalue weighted by Gasteiger charge is -1.99. The average Bonchev–Trinajstić information content (AvgIpc) is 2.59. The second kappa shape index (κ2) is 2.63. The Labute approximate surface area is 83.3 Å². The van der Waals surface area contributed by atoms with Crippen LogP contribution in [0.25, 0.3) is 21.7 Å². The number of rotatable bonds is 0. The number of hydrogen-bond donors (Lipinski definition) is 1. The van der Waals surface area contributed by atoms with E-state index in [0.29, 0.717) is 10.8 Å². The molecule has 0 atom stereocenters. The van der Waals surface area contributed by atoms with Gasteiger partial charge in [-0.15, -0.1) is 0 Å². The van der Waals surface area contributed by atoms with Gasteiger partial charge in [-0.2, -0.15) is 0 Å². The Morgan fingerprint density at radius 2 is 2.07 bits per heavy atom. The van der Waals surface area contributed by atoms with Gasteiger partial charge in [0.05, 0.1) is 11.6 Å². The molecule has 0 aliphatic heterocycles. The highest BCUT2D eigenvalue weighted by atomic mass is 16.4. The molecule has 74 valence electrons. The number of furan rings is 1. The van der Waals surface area contributed by atoms with Crippen LogP contribution in [-0.4, -0.2) is 5.11 Å². The SMILES string of the molecule is O=c1cc2cc3ccocc3c(O)c2o1. The second-order valence-electron chi connectivity index (χ2n) is 3.27. The van der Waals surface area contributed by atoms with Gasteiger partial charge < -0.3 is 13.9 Å². The van der Waals surface area contributed by atoms with E-state index in [9.17, 15) is 9.90 Å². The van der Waals surface area contributed by atoms with Crippen molar-refractivity contribution in [1.82, 2.24) is 0 Å². The van der Waals surface area contributed by atoms with Crippen LogP contribution in [0.1, 0.15) is 0 Å². The second-order valence-corrected chi connectivity index (χ2v) is 3.27. The average molecular weight is 202 g/mol. The van der Waals surface area contributed by atoms with Crippen LogP contribution in [0.5, 0.6) is 5.75 Å². The van der Waals surface area contributed by atoms with Crippen LogP contribution in [0.4, 0.5) is 0 Å². The number of fused-ring (bicyclic) bond motifs is 2. The lowest BCUT2D eigenvalue weighted by Crippen LogP contribution is -1.84. The zero-order valence-electron chi connectivity index (χ0n) is 7.56. The summed E-state index contributed by atoms with van der Waals surface area (Å²) in [5.41, 5.74) is -0.263. The highest BCUT2D eigenvalue weighted by Crippen LogP contribution is 2.32. The van der Waals surface area contributed by atoms with E-state index in [-0.39, 0.29) is 11.3 Å². The van der Waals surface area contributed by atoms with Crippen LogP contribution >= 0.6 is 0 Å². The van der Waals surface area contributed by atoms with E-state index < -0.39 is 5.63 Å². The van der Waals surface area contributed by atoms with E-state index in [1.807, 2.05) is 0 Å². The van der Waals surface area contributed by atoms with Crippen molar-refractivity contribution in [3.63, 3.8) is 0 Å². The third kappa shape index (κ3) is 1.05. The molecule has 0 bridgehead atoms. The largest absolute Gasteiger partial charge is 0.504 e. The molecule has 0 saturated heterocycles. The molecule has 0 amide bonds. The summed E-state index contributed by atoms with van der Waals surface area (Å²) in [7, 11) is 0. The van der Waals surface area contributed by atoms with Gasteiger partial charge in [0.1, 0.15) is 6.26 Å². The molecule has 0 unspecified atom stereocenters. The fourth-order valence-corrected chi connectivity index (χ4v) is 1.66. The number of phenols is 1. The Morgan fingerprint density at radius 3 is 2.93 bits per heavy atom. The Bertz CT molecular complexity index is 705. The molecule has 0 radical (unpaired) electrons. The van der Waals surface area contributed by atoms with Gasteiger partial charge in [0.2, 0.25) is 0 Å². The molecule has 0 aliphatic carbocycles. The molecule has 1 aromatic carbocycles. The van der Waals surface area contributed by atoms with Crippen LogP contribution in [0.15, 0.2) is 44.4 Å². The molecule has 2 heterocycles. The maximum Gasteiger partial charge on any atom is 0.337 e. The minimum absolute atomic E-state index is 0.0612. The van der Waals surface area contributed by atoms with Gasteiger partial charge in [0.15, 0.2) is 11.3 Å². The molecule has 4 nitrogen and oxygen atoms in total. The summed E-state index contributed by atoms with van der Waals surface area (Å²) in [5.74, 6) is -0.0612. The third-order valence-corrected chi connectivity index (χ3v) is 2.34. The summed E-state index contributed by atoms with van der Waals surface area (Å²) in [6.45, 7) is 0. The molecule has 0 aliphatic rings. The van der Waals surface area contributed by atoms with E-state index in [2.05, 4.69) is 0 Å². The van der Waals surface area contributed by atoms with Crippen molar-refractivity contribution in [3.8, 4) is 5.75 Å².